The molecule has 1 N–H and O–H groups in total. The van der Waals surface area contributed by atoms with Gasteiger partial charge in [-0.05, 0) is 36.4 Å². The number of hydrogen-bond donors (Lipinski definition) is 1. The normalized spacial score (nSPS) is 12.2. The zero-order chi connectivity index (χ0) is 19.7. The van der Waals surface area contributed by atoms with Gasteiger partial charge < -0.3 is 5.32 Å². The van der Waals surface area contributed by atoms with Crippen molar-refractivity contribution in [1.82, 2.24) is 5.32 Å². The lowest BCUT2D eigenvalue weighted by molar-refractivity contribution is -0.138. The molecule has 0 fully saturated rings. The van der Waals surface area contributed by atoms with Crippen molar-refractivity contribution in [3.8, 4) is 0 Å². The summed E-state index contributed by atoms with van der Waals surface area (Å²) in [5.74, 6) is -6.31. The third-order valence-electron chi connectivity index (χ3n) is 3.33. The smallest absolute Gasteiger partial charge is 0.346 e. The Morgan fingerprint density at radius 3 is 2.15 bits per heavy atom. The second-order valence-corrected chi connectivity index (χ2v) is 6.04. The van der Waals surface area contributed by atoms with E-state index in [0.29, 0.717) is 18.2 Å². The lowest BCUT2D eigenvalue weighted by Crippen LogP contribution is -2.36. The van der Waals surface area contributed by atoms with Crippen LogP contribution < -0.4 is 5.32 Å². The monoisotopic (exact) mass is 415 g/mol. The second-order valence-electron chi connectivity index (χ2n) is 5.20. The number of hydrogen-bond acceptors (Lipinski definition) is 1. The summed E-state index contributed by atoms with van der Waals surface area (Å²) in [5, 5.41) is 1.40. The fraction of sp³-hybridized carbons (Fsp3) is 0.188. The quantitative estimate of drug-likeness (QED) is 0.640. The fourth-order valence-corrected chi connectivity index (χ4v) is 2.67. The first-order chi connectivity index (χ1) is 11.9. The van der Waals surface area contributed by atoms with Crippen molar-refractivity contribution in [3.63, 3.8) is 0 Å². The molecular weight excluding hydrogens is 407 g/mol. The number of carbonyl (C=O) groups is 1. The van der Waals surface area contributed by atoms with Gasteiger partial charge in [0, 0.05) is 10.6 Å². The summed E-state index contributed by atoms with van der Waals surface area (Å²) in [6.07, 6.45) is -4.96. The molecule has 10 heteroatoms. The molecule has 2 aromatic rings. The molecule has 0 unspecified atom stereocenters. The molecule has 0 spiro atoms. The van der Waals surface area contributed by atoms with Crippen molar-refractivity contribution in [3.05, 3.63) is 69.0 Å². The number of alkyl halides is 5. The average molecular weight is 416 g/mol. The number of carbonyl (C=O) groups excluding carboxylic acids is 1. The van der Waals surface area contributed by atoms with Gasteiger partial charge in [-0.15, -0.1) is 0 Å². The molecule has 2 rings (SSSR count). The van der Waals surface area contributed by atoms with Gasteiger partial charge in [0.1, 0.15) is 5.82 Å². The number of benzene rings is 2. The van der Waals surface area contributed by atoms with Gasteiger partial charge >= 0.3 is 6.18 Å². The molecule has 2 nitrogen and oxygen atoms in total. The van der Waals surface area contributed by atoms with Crippen LogP contribution in [0.3, 0.4) is 0 Å². The maximum Gasteiger partial charge on any atom is 0.417 e. The van der Waals surface area contributed by atoms with Crippen LogP contribution in [0.4, 0.5) is 26.3 Å². The van der Waals surface area contributed by atoms with Gasteiger partial charge in [0.15, 0.2) is 0 Å². The van der Waals surface area contributed by atoms with Crippen LogP contribution in [0.15, 0.2) is 36.4 Å². The van der Waals surface area contributed by atoms with Crippen molar-refractivity contribution in [2.75, 3.05) is 6.54 Å². The summed E-state index contributed by atoms with van der Waals surface area (Å²) < 4.78 is 80.3. The van der Waals surface area contributed by atoms with Crippen molar-refractivity contribution in [2.45, 2.75) is 12.1 Å². The van der Waals surface area contributed by atoms with E-state index in [-0.39, 0.29) is 10.0 Å². The second kappa shape index (κ2) is 7.36. The zero-order valence-corrected chi connectivity index (χ0v) is 14.1. The number of amides is 1. The van der Waals surface area contributed by atoms with E-state index in [1.54, 1.807) is 5.32 Å². The van der Waals surface area contributed by atoms with Crippen molar-refractivity contribution in [2.24, 2.45) is 0 Å². The van der Waals surface area contributed by atoms with E-state index in [2.05, 4.69) is 0 Å². The molecule has 0 aliphatic carbocycles. The molecule has 1 amide bonds. The van der Waals surface area contributed by atoms with Crippen molar-refractivity contribution >= 4 is 29.1 Å². The van der Waals surface area contributed by atoms with E-state index in [4.69, 9.17) is 23.2 Å². The highest BCUT2D eigenvalue weighted by atomic mass is 35.5. The molecule has 0 saturated heterocycles. The first-order valence-corrected chi connectivity index (χ1v) is 7.66. The van der Waals surface area contributed by atoms with Crippen LogP contribution in [0, 0.1) is 5.82 Å². The molecule has 2 aromatic carbocycles. The summed E-state index contributed by atoms with van der Waals surface area (Å²) in [7, 11) is 0. The van der Waals surface area contributed by atoms with E-state index in [0.717, 1.165) is 18.2 Å². The molecule has 0 atom stereocenters. The predicted molar refractivity (Wildman–Crippen MR) is 84.1 cm³/mol. The summed E-state index contributed by atoms with van der Waals surface area (Å²) in [6.45, 7) is -1.35. The van der Waals surface area contributed by atoms with Gasteiger partial charge in [0.05, 0.1) is 22.7 Å². The Balaban J connectivity index is 2.24. The van der Waals surface area contributed by atoms with E-state index in [9.17, 15) is 31.1 Å². The SMILES string of the molecule is O=C(NCC(F)(F)c1ccc(Cl)cc1Cl)c1cc(F)ccc1C(F)(F)F. The summed E-state index contributed by atoms with van der Waals surface area (Å²) in [4.78, 5) is 11.9. The number of nitrogens with one attached hydrogen (secondary N) is 1. The topological polar surface area (TPSA) is 29.1 Å². The van der Waals surface area contributed by atoms with Gasteiger partial charge in [-0.3, -0.25) is 4.79 Å². The first-order valence-electron chi connectivity index (χ1n) is 6.90. The molecule has 0 heterocycles. The van der Waals surface area contributed by atoms with Gasteiger partial charge in [0.25, 0.3) is 11.8 Å². The Morgan fingerprint density at radius 1 is 0.962 bits per heavy atom. The Kier molecular flexibility index (Phi) is 5.77. The maximum absolute atomic E-state index is 14.2. The Hall–Kier alpha value is -1.93. The van der Waals surface area contributed by atoms with E-state index < -0.39 is 47.1 Å². The van der Waals surface area contributed by atoms with Gasteiger partial charge in [0.2, 0.25) is 0 Å². The lowest BCUT2D eigenvalue weighted by atomic mass is 10.1. The highest BCUT2D eigenvalue weighted by Gasteiger charge is 2.37. The zero-order valence-electron chi connectivity index (χ0n) is 12.6. The minimum atomic E-state index is -4.96. The lowest BCUT2D eigenvalue weighted by Gasteiger charge is -2.19. The van der Waals surface area contributed by atoms with E-state index in [1.165, 1.54) is 0 Å². The van der Waals surface area contributed by atoms with Crippen LogP contribution in [0.25, 0.3) is 0 Å². The predicted octanol–water partition coefficient (Wildman–Crippen LogP) is 5.67. The van der Waals surface area contributed by atoms with Crippen LogP contribution in [-0.4, -0.2) is 12.5 Å². The highest BCUT2D eigenvalue weighted by molar-refractivity contribution is 6.35. The molecule has 0 aromatic heterocycles. The molecular formula is C16H9Cl2F6NO. The molecule has 26 heavy (non-hydrogen) atoms. The van der Waals surface area contributed by atoms with Gasteiger partial charge in [-0.1, -0.05) is 23.2 Å². The largest absolute Gasteiger partial charge is 0.417 e. The standard InChI is InChI=1S/C16H9Cl2F6NO/c17-8-1-3-12(13(18)5-8)15(20,21)7-25-14(26)10-6-9(19)2-4-11(10)16(22,23)24/h1-6H,7H2,(H,25,26). The fourth-order valence-electron chi connectivity index (χ4n) is 2.12. The van der Waals surface area contributed by atoms with Crippen molar-refractivity contribution < 1.29 is 31.1 Å². The van der Waals surface area contributed by atoms with E-state index in [1.807, 2.05) is 0 Å². The van der Waals surface area contributed by atoms with Crippen molar-refractivity contribution in [1.29, 1.82) is 0 Å². The van der Waals surface area contributed by atoms with Crippen LogP contribution >= 0.6 is 23.2 Å². The minimum absolute atomic E-state index is 0.105. The molecule has 0 bridgehead atoms. The summed E-state index contributed by atoms with van der Waals surface area (Å²) >= 11 is 11.3. The van der Waals surface area contributed by atoms with Crippen LogP contribution in [0.5, 0.6) is 0 Å². The summed E-state index contributed by atoms with van der Waals surface area (Å²) in [6, 6.07) is 4.33. The Labute approximate surface area is 153 Å². The third kappa shape index (κ3) is 4.62. The highest BCUT2D eigenvalue weighted by Crippen LogP contribution is 2.35. The molecule has 0 aliphatic rings. The molecule has 140 valence electrons. The van der Waals surface area contributed by atoms with Crippen LogP contribution in [-0.2, 0) is 12.1 Å². The number of halogens is 8. The molecule has 0 saturated carbocycles. The summed E-state index contributed by atoms with van der Waals surface area (Å²) in [5.41, 5.74) is -3.21. The van der Waals surface area contributed by atoms with Gasteiger partial charge in [-0.2, -0.15) is 22.0 Å². The Morgan fingerprint density at radius 2 is 1.58 bits per heavy atom. The van der Waals surface area contributed by atoms with Crippen LogP contribution in [0.1, 0.15) is 21.5 Å². The van der Waals surface area contributed by atoms with Gasteiger partial charge in [-0.25, -0.2) is 4.39 Å². The number of rotatable bonds is 4. The molecule has 0 aliphatic heterocycles. The third-order valence-corrected chi connectivity index (χ3v) is 3.88. The Bertz CT molecular complexity index is 838. The minimum Gasteiger partial charge on any atom is -0.346 e. The maximum atomic E-state index is 14.2. The van der Waals surface area contributed by atoms with E-state index >= 15 is 0 Å². The van der Waals surface area contributed by atoms with Crippen LogP contribution in [0.2, 0.25) is 10.0 Å². The average Bonchev–Trinajstić information content (AvgIpc) is 2.51. The first kappa shape index (κ1) is 20.4. The molecule has 0 radical (unpaired) electrons.